The predicted octanol–water partition coefficient (Wildman–Crippen LogP) is 0.588. The van der Waals surface area contributed by atoms with E-state index in [0.717, 1.165) is 6.04 Å². The largest absolute Gasteiger partial charge is 1.00 e. The van der Waals surface area contributed by atoms with Gasteiger partial charge in [0, 0.05) is 0 Å². The maximum atomic E-state index is 2.38. The van der Waals surface area contributed by atoms with Crippen LogP contribution in [-0.4, -0.2) is 19.1 Å². The van der Waals surface area contributed by atoms with Gasteiger partial charge in [0.15, 0.2) is 0 Å². The molecule has 1 aliphatic heterocycles. The zero-order valence-electron chi connectivity index (χ0n) is 12.6. The van der Waals surface area contributed by atoms with Gasteiger partial charge in [0.1, 0.15) is 0 Å². The number of halogens is 1. The zero-order valence-corrected chi connectivity index (χ0v) is 13.4. The lowest BCUT2D eigenvalue weighted by Gasteiger charge is -2.32. The van der Waals surface area contributed by atoms with Gasteiger partial charge in [-0.1, -0.05) is 46.0 Å². The molecule has 0 radical (unpaired) electrons. The van der Waals surface area contributed by atoms with Gasteiger partial charge in [-0.25, -0.2) is 0 Å². The van der Waals surface area contributed by atoms with E-state index < -0.39 is 0 Å². The van der Waals surface area contributed by atoms with Crippen LogP contribution in [0, 0.1) is 0 Å². The monoisotopic (exact) mass is 275 g/mol. The fourth-order valence-electron chi connectivity index (χ4n) is 3.28. The predicted molar refractivity (Wildman–Crippen MR) is 76.6 cm³/mol. The Hall–Kier alpha value is 0.250. The Kier molecular flexibility index (Phi) is 12.5. The molecule has 1 rings (SSSR count). The first-order valence-corrected chi connectivity index (χ1v) is 8.23. The van der Waals surface area contributed by atoms with Crippen molar-refractivity contribution in [1.29, 1.82) is 0 Å². The molecule has 1 heterocycles. The summed E-state index contributed by atoms with van der Waals surface area (Å²) in [5.41, 5.74) is 0. The van der Waals surface area contributed by atoms with Gasteiger partial charge in [0.25, 0.3) is 0 Å². The number of likely N-dealkylation sites (tertiary alicyclic amines) is 1. The van der Waals surface area contributed by atoms with Crippen molar-refractivity contribution in [1.82, 2.24) is 0 Å². The molecule has 1 N–H and O–H groups in total. The molecule has 0 aromatic carbocycles. The summed E-state index contributed by atoms with van der Waals surface area (Å²) in [6, 6.07) is 0.990. The number of unbranched alkanes of at least 4 members (excludes halogenated alkanes) is 6. The molecule has 110 valence electrons. The van der Waals surface area contributed by atoms with E-state index in [1.54, 1.807) is 0 Å². The SMILES string of the molecule is CCCCCCCCC[NH+]1CCCCC1CC.[Cl-]. The molecule has 0 spiro atoms. The van der Waals surface area contributed by atoms with Crippen LogP contribution in [0.4, 0.5) is 0 Å². The van der Waals surface area contributed by atoms with Crippen LogP contribution in [0.2, 0.25) is 0 Å². The van der Waals surface area contributed by atoms with Crippen LogP contribution in [-0.2, 0) is 0 Å². The number of hydrogen-bond acceptors (Lipinski definition) is 0. The summed E-state index contributed by atoms with van der Waals surface area (Å²) in [5, 5.41) is 0. The van der Waals surface area contributed by atoms with Crippen LogP contribution in [0.15, 0.2) is 0 Å². The molecule has 0 bridgehead atoms. The molecule has 0 saturated carbocycles. The highest BCUT2D eigenvalue weighted by atomic mass is 35.5. The molecule has 0 amide bonds. The molecule has 0 aromatic rings. The summed E-state index contributed by atoms with van der Waals surface area (Å²) in [4.78, 5) is 1.92. The fourth-order valence-corrected chi connectivity index (χ4v) is 3.28. The normalized spacial score (nSPS) is 23.7. The lowest BCUT2D eigenvalue weighted by molar-refractivity contribution is -0.931. The van der Waals surface area contributed by atoms with E-state index in [4.69, 9.17) is 0 Å². The summed E-state index contributed by atoms with van der Waals surface area (Å²) in [6.45, 7) is 7.58. The summed E-state index contributed by atoms with van der Waals surface area (Å²) in [5.74, 6) is 0. The number of piperidine rings is 1. The average Bonchev–Trinajstić information content (AvgIpc) is 2.38. The molecule has 1 saturated heterocycles. The molecule has 2 unspecified atom stereocenters. The van der Waals surface area contributed by atoms with Gasteiger partial charge in [0.05, 0.1) is 19.1 Å². The van der Waals surface area contributed by atoms with Crippen molar-refractivity contribution >= 4 is 0 Å². The first-order chi connectivity index (χ1) is 8.38. The van der Waals surface area contributed by atoms with Gasteiger partial charge >= 0.3 is 0 Å². The van der Waals surface area contributed by atoms with Crippen LogP contribution in [0.1, 0.15) is 84.5 Å². The van der Waals surface area contributed by atoms with Crippen molar-refractivity contribution in [3.63, 3.8) is 0 Å². The van der Waals surface area contributed by atoms with Crippen molar-refractivity contribution in [3.8, 4) is 0 Å². The third kappa shape index (κ3) is 7.63. The second-order valence-electron chi connectivity index (χ2n) is 5.88. The second kappa shape index (κ2) is 12.3. The number of hydrogen-bond donors (Lipinski definition) is 1. The summed E-state index contributed by atoms with van der Waals surface area (Å²) < 4.78 is 0. The molecule has 18 heavy (non-hydrogen) atoms. The molecular weight excluding hydrogens is 242 g/mol. The zero-order chi connectivity index (χ0) is 12.3. The van der Waals surface area contributed by atoms with E-state index in [1.165, 1.54) is 83.7 Å². The van der Waals surface area contributed by atoms with Gasteiger partial charge in [-0.3, -0.25) is 0 Å². The topological polar surface area (TPSA) is 4.44 Å². The number of rotatable bonds is 9. The summed E-state index contributed by atoms with van der Waals surface area (Å²) >= 11 is 0. The van der Waals surface area contributed by atoms with Crippen LogP contribution in [0.25, 0.3) is 0 Å². The smallest absolute Gasteiger partial charge is 0.0872 e. The van der Waals surface area contributed by atoms with E-state index in [9.17, 15) is 0 Å². The van der Waals surface area contributed by atoms with Crippen LogP contribution in [0.3, 0.4) is 0 Å². The minimum absolute atomic E-state index is 0. The van der Waals surface area contributed by atoms with E-state index in [2.05, 4.69) is 13.8 Å². The van der Waals surface area contributed by atoms with Crippen molar-refractivity contribution in [2.75, 3.05) is 13.1 Å². The van der Waals surface area contributed by atoms with Crippen molar-refractivity contribution in [3.05, 3.63) is 0 Å². The van der Waals surface area contributed by atoms with Gasteiger partial charge in [-0.05, 0) is 38.5 Å². The van der Waals surface area contributed by atoms with Gasteiger partial charge < -0.3 is 17.3 Å². The first-order valence-electron chi connectivity index (χ1n) is 8.23. The highest BCUT2D eigenvalue weighted by Crippen LogP contribution is 2.08. The lowest BCUT2D eigenvalue weighted by atomic mass is 9.99. The maximum absolute atomic E-state index is 2.38. The van der Waals surface area contributed by atoms with E-state index in [-0.39, 0.29) is 12.4 Å². The highest BCUT2D eigenvalue weighted by Gasteiger charge is 2.23. The summed E-state index contributed by atoms with van der Waals surface area (Å²) in [6.07, 6.45) is 16.0. The Labute approximate surface area is 121 Å². The van der Waals surface area contributed by atoms with Crippen LogP contribution in [0.5, 0.6) is 0 Å². The standard InChI is InChI=1S/C16H33N.ClH/c1-3-5-6-7-8-9-11-14-17-15-12-10-13-16(17)4-2;/h16H,3-15H2,1-2H3;1H. The maximum Gasteiger partial charge on any atom is 0.0872 e. The quantitative estimate of drug-likeness (QED) is 0.588. The minimum atomic E-state index is 0. The van der Waals surface area contributed by atoms with E-state index in [0.29, 0.717) is 0 Å². The minimum Gasteiger partial charge on any atom is -1.00 e. The van der Waals surface area contributed by atoms with Crippen LogP contribution >= 0.6 is 0 Å². The molecule has 1 nitrogen and oxygen atoms in total. The molecule has 0 aliphatic carbocycles. The van der Waals surface area contributed by atoms with Crippen molar-refractivity contribution in [2.45, 2.75) is 90.5 Å². The highest BCUT2D eigenvalue weighted by molar-refractivity contribution is 4.59. The van der Waals surface area contributed by atoms with E-state index >= 15 is 0 Å². The number of quaternary nitrogens is 1. The molecule has 1 fully saturated rings. The first kappa shape index (κ1) is 18.2. The third-order valence-corrected chi connectivity index (χ3v) is 4.47. The van der Waals surface area contributed by atoms with Gasteiger partial charge in [-0.15, -0.1) is 0 Å². The Morgan fingerprint density at radius 2 is 1.56 bits per heavy atom. The Balaban J connectivity index is 0.00000289. The fraction of sp³-hybridized carbons (Fsp3) is 1.00. The van der Waals surface area contributed by atoms with Crippen molar-refractivity contribution in [2.24, 2.45) is 0 Å². The molecular formula is C16H34ClN. The lowest BCUT2D eigenvalue weighted by Crippen LogP contribution is -3.16. The Morgan fingerprint density at radius 3 is 2.22 bits per heavy atom. The van der Waals surface area contributed by atoms with Crippen LogP contribution < -0.4 is 17.3 Å². The number of nitrogens with one attached hydrogen (secondary N) is 1. The Morgan fingerprint density at radius 1 is 0.889 bits per heavy atom. The van der Waals surface area contributed by atoms with Gasteiger partial charge in [-0.2, -0.15) is 0 Å². The van der Waals surface area contributed by atoms with E-state index in [1.807, 2.05) is 4.90 Å². The average molecular weight is 276 g/mol. The third-order valence-electron chi connectivity index (χ3n) is 4.47. The molecule has 1 aliphatic rings. The molecule has 2 heteroatoms. The van der Waals surface area contributed by atoms with Crippen molar-refractivity contribution < 1.29 is 17.3 Å². The Bertz CT molecular complexity index is 172. The second-order valence-corrected chi connectivity index (χ2v) is 5.88. The summed E-state index contributed by atoms with van der Waals surface area (Å²) in [7, 11) is 0. The molecule has 0 aromatic heterocycles. The van der Waals surface area contributed by atoms with Gasteiger partial charge in [0.2, 0.25) is 0 Å². The molecule has 2 atom stereocenters.